The second-order valence-corrected chi connectivity index (χ2v) is 10.3. The van der Waals surface area contributed by atoms with Crippen molar-refractivity contribution in [3.63, 3.8) is 0 Å². The summed E-state index contributed by atoms with van der Waals surface area (Å²) in [7, 11) is 0. The summed E-state index contributed by atoms with van der Waals surface area (Å²) in [6, 6.07) is 7.62. The van der Waals surface area contributed by atoms with E-state index in [0.29, 0.717) is 44.0 Å². The van der Waals surface area contributed by atoms with E-state index in [-0.39, 0.29) is 30.1 Å². The van der Waals surface area contributed by atoms with Crippen molar-refractivity contribution in [1.82, 2.24) is 14.8 Å². The van der Waals surface area contributed by atoms with Gasteiger partial charge in [0.2, 0.25) is 12.3 Å². The van der Waals surface area contributed by atoms with Crippen LogP contribution in [0.3, 0.4) is 0 Å². The number of para-hydroxylation sites is 1. The molecule has 8 nitrogen and oxygen atoms in total. The van der Waals surface area contributed by atoms with Crippen molar-refractivity contribution in [3.05, 3.63) is 59.7 Å². The normalized spacial score (nSPS) is 19.6. The van der Waals surface area contributed by atoms with Gasteiger partial charge in [-0.15, -0.1) is 0 Å². The summed E-state index contributed by atoms with van der Waals surface area (Å²) in [4.78, 5) is 37.3. The van der Waals surface area contributed by atoms with E-state index in [1.165, 1.54) is 6.08 Å². The minimum absolute atomic E-state index is 0.0387. The third-order valence-electron chi connectivity index (χ3n) is 7.91. The second kappa shape index (κ2) is 12.5. The molecule has 1 aromatic carbocycles. The van der Waals surface area contributed by atoms with E-state index < -0.39 is 6.17 Å². The SMILES string of the molecule is C=CC(=O)N1CCN(/C(=C/C)c2cc(O)c(N3CCC(F)C3)nc2N(C=O)c2c(CC)cccc2CC)C(C)C1. The highest BCUT2D eigenvalue weighted by Crippen LogP contribution is 2.42. The van der Waals surface area contributed by atoms with E-state index >= 15 is 0 Å². The molecule has 214 valence electrons. The van der Waals surface area contributed by atoms with Gasteiger partial charge >= 0.3 is 0 Å². The smallest absolute Gasteiger partial charge is 0.246 e. The van der Waals surface area contributed by atoms with Crippen LogP contribution in [0.2, 0.25) is 0 Å². The number of amides is 2. The number of allylic oxidation sites excluding steroid dienone is 1. The summed E-state index contributed by atoms with van der Waals surface area (Å²) in [5, 5.41) is 11.2. The lowest BCUT2D eigenvalue weighted by Crippen LogP contribution is -2.52. The van der Waals surface area contributed by atoms with Gasteiger partial charge in [0.1, 0.15) is 6.17 Å². The first kappa shape index (κ1) is 29.1. The Labute approximate surface area is 236 Å². The van der Waals surface area contributed by atoms with E-state index in [1.54, 1.807) is 20.8 Å². The summed E-state index contributed by atoms with van der Waals surface area (Å²) < 4.78 is 14.2. The van der Waals surface area contributed by atoms with Crippen LogP contribution in [0, 0.1) is 0 Å². The maximum absolute atomic E-state index is 14.2. The number of hydrogen-bond donors (Lipinski definition) is 1. The molecule has 1 aromatic heterocycles. The molecule has 2 aliphatic heterocycles. The van der Waals surface area contributed by atoms with Crippen LogP contribution in [0.25, 0.3) is 5.70 Å². The maximum Gasteiger partial charge on any atom is 0.246 e. The molecule has 2 amide bonds. The summed E-state index contributed by atoms with van der Waals surface area (Å²) in [6.07, 6.45) is 4.85. The Balaban J connectivity index is 1.88. The van der Waals surface area contributed by atoms with Gasteiger partial charge in [0.25, 0.3) is 0 Å². The lowest BCUT2D eigenvalue weighted by molar-refractivity contribution is -0.128. The molecule has 2 aliphatic rings. The number of pyridine rings is 1. The van der Waals surface area contributed by atoms with Crippen molar-refractivity contribution in [3.8, 4) is 5.75 Å². The topological polar surface area (TPSA) is 80.2 Å². The van der Waals surface area contributed by atoms with Crippen LogP contribution in [0.1, 0.15) is 50.8 Å². The molecule has 2 aromatic rings. The maximum atomic E-state index is 14.2. The fraction of sp³-hybridized carbons (Fsp3) is 0.452. The number of benzene rings is 1. The molecule has 0 bridgehead atoms. The number of halogens is 1. The second-order valence-electron chi connectivity index (χ2n) is 10.3. The zero-order valence-corrected chi connectivity index (χ0v) is 23.9. The number of carbonyl (C=O) groups is 2. The Hall–Kier alpha value is -3.88. The van der Waals surface area contributed by atoms with Crippen LogP contribution in [-0.4, -0.2) is 77.1 Å². The molecule has 0 aliphatic carbocycles. The molecule has 4 rings (SSSR count). The van der Waals surface area contributed by atoms with Crippen molar-refractivity contribution in [1.29, 1.82) is 0 Å². The van der Waals surface area contributed by atoms with Crippen molar-refractivity contribution in [2.24, 2.45) is 0 Å². The number of aromatic nitrogens is 1. The summed E-state index contributed by atoms with van der Waals surface area (Å²) in [6.45, 7) is 13.8. The van der Waals surface area contributed by atoms with Gasteiger partial charge in [-0.2, -0.15) is 0 Å². The number of piperazine rings is 1. The Morgan fingerprint density at radius 2 is 1.90 bits per heavy atom. The Bertz CT molecular complexity index is 1270. The van der Waals surface area contributed by atoms with E-state index in [0.717, 1.165) is 41.8 Å². The molecule has 2 atom stereocenters. The van der Waals surface area contributed by atoms with E-state index in [2.05, 4.69) is 11.5 Å². The van der Waals surface area contributed by atoms with Crippen LogP contribution in [0.15, 0.2) is 43.0 Å². The lowest BCUT2D eigenvalue weighted by atomic mass is 10.0. The molecule has 2 saturated heterocycles. The third-order valence-corrected chi connectivity index (χ3v) is 7.91. The minimum Gasteiger partial charge on any atom is -0.504 e. The Morgan fingerprint density at radius 3 is 2.42 bits per heavy atom. The van der Waals surface area contributed by atoms with Crippen molar-refractivity contribution in [2.45, 2.75) is 59.2 Å². The predicted octanol–water partition coefficient (Wildman–Crippen LogP) is 4.83. The largest absolute Gasteiger partial charge is 0.504 e. The number of rotatable bonds is 9. The first-order chi connectivity index (χ1) is 19.3. The van der Waals surface area contributed by atoms with Gasteiger partial charge in [0.15, 0.2) is 17.4 Å². The number of hydrogen-bond acceptors (Lipinski definition) is 6. The molecule has 0 spiro atoms. The van der Waals surface area contributed by atoms with Gasteiger partial charge in [-0.05, 0) is 56.4 Å². The van der Waals surface area contributed by atoms with E-state index in [9.17, 15) is 19.1 Å². The first-order valence-electron chi connectivity index (χ1n) is 14.1. The number of aryl methyl sites for hydroxylation is 2. The molecular weight excluding hydrogens is 509 g/mol. The number of nitrogens with zero attached hydrogens (tertiary/aromatic N) is 5. The Kier molecular flexibility index (Phi) is 9.12. The van der Waals surface area contributed by atoms with Crippen molar-refractivity contribution < 1.29 is 19.1 Å². The molecule has 2 fully saturated rings. The molecule has 40 heavy (non-hydrogen) atoms. The predicted molar refractivity (Wildman–Crippen MR) is 158 cm³/mol. The van der Waals surface area contributed by atoms with Crippen LogP contribution in [0.4, 0.5) is 21.7 Å². The highest BCUT2D eigenvalue weighted by molar-refractivity contribution is 5.93. The van der Waals surface area contributed by atoms with Crippen LogP contribution < -0.4 is 9.80 Å². The number of aromatic hydroxyl groups is 1. The number of carbonyl (C=O) groups excluding carboxylic acids is 2. The van der Waals surface area contributed by atoms with Gasteiger partial charge in [-0.1, -0.05) is 44.7 Å². The lowest BCUT2D eigenvalue weighted by Gasteiger charge is -2.42. The average molecular weight is 550 g/mol. The summed E-state index contributed by atoms with van der Waals surface area (Å²) in [5.41, 5.74) is 4.18. The molecule has 3 heterocycles. The summed E-state index contributed by atoms with van der Waals surface area (Å²) in [5.74, 6) is 0.476. The first-order valence-corrected chi connectivity index (χ1v) is 14.1. The van der Waals surface area contributed by atoms with Crippen LogP contribution in [-0.2, 0) is 22.4 Å². The van der Waals surface area contributed by atoms with Gasteiger partial charge in [-0.3, -0.25) is 14.5 Å². The highest BCUT2D eigenvalue weighted by atomic mass is 19.1. The third kappa shape index (κ3) is 5.55. The van der Waals surface area contributed by atoms with Gasteiger partial charge in [0, 0.05) is 43.5 Å². The van der Waals surface area contributed by atoms with Crippen LogP contribution >= 0.6 is 0 Å². The molecule has 0 radical (unpaired) electrons. The van der Waals surface area contributed by atoms with Gasteiger partial charge in [0.05, 0.1) is 12.2 Å². The molecule has 2 unspecified atom stereocenters. The number of anilines is 3. The zero-order valence-electron chi connectivity index (χ0n) is 23.9. The standard InChI is InChI=1S/C31H40FN5O3/c1-6-22-11-10-12-23(7-2)29(22)37(20-38)30-25(17-27(39)31(33-30)35-14-13-24(32)19-35)26(8-3)36-16-15-34(18-21(36)5)28(40)9-4/h8-12,17,20-21,24,39H,4,6-7,13-16,18-19H2,1-3,5H3/b26-8+. The number of alkyl halides is 1. The van der Waals surface area contributed by atoms with Crippen LogP contribution in [0.5, 0.6) is 5.75 Å². The van der Waals surface area contributed by atoms with Gasteiger partial charge in [-0.25, -0.2) is 9.37 Å². The average Bonchev–Trinajstić information content (AvgIpc) is 3.40. The highest BCUT2D eigenvalue weighted by Gasteiger charge is 2.33. The van der Waals surface area contributed by atoms with E-state index in [4.69, 9.17) is 4.98 Å². The van der Waals surface area contributed by atoms with Crippen molar-refractivity contribution >= 4 is 35.3 Å². The molecule has 1 N–H and O–H groups in total. The fourth-order valence-electron chi connectivity index (χ4n) is 5.85. The quantitative estimate of drug-likeness (QED) is 0.356. The monoisotopic (exact) mass is 549 g/mol. The zero-order chi connectivity index (χ0) is 29.0. The minimum atomic E-state index is -1.000. The molecule has 0 saturated carbocycles. The van der Waals surface area contributed by atoms with E-state index in [1.807, 2.05) is 52.0 Å². The fourth-order valence-corrected chi connectivity index (χ4v) is 5.85. The molecular formula is C31H40FN5O3. The van der Waals surface area contributed by atoms with Gasteiger partial charge < -0.3 is 19.8 Å². The molecule has 9 heteroatoms. The Morgan fingerprint density at radius 1 is 1.20 bits per heavy atom. The summed E-state index contributed by atoms with van der Waals surface area (Å²) >= 11 is 0. The van der Waals surface area contributed by atoms with Crippen molar-refractivity contribution in [2.75, 3.05) is 42.5 Å².